The average Bonchev–Trinajstić information content (AvgIpc) is 3.42. The number of aryl methyl sites for hydroxylation is 1. The van der Waals surface area contributed by atoms with Gasteiger partial charge in [0.2, 0.25) is 17.7 Å². The first-order valence-electron chi connectivity index (χ1n) is 19.8. The van der Waals surface area contributed by atoms with Gasteiger partial charge in [0.1, 0.15) is 17.3 Å². The number of imide groups is 1. The van der Waals surface area contributed by atoms with Crippen molar-refractivity contribution in [3.63, 3.8) is 0 Å². The van der Waals surface area contributed by atoms with E-state index in [1.807, 2.05) is 38.1 Å². The molecule has 1 saturated carbocycles. The van der Waals surface area contributed by atoms with Crippen molar-refractivity contribution >= 4 is 69.4 Å². The third-order valence-electron chi connectivity index (χ3n) is 11.9. The Balaban J connectivity index is 0.916. The van der Waals surface area contributed by atoms with Gasteiger partial charge >= 0.3 is 6.18 Å². The Morgan fingerprint density at radius 3 is 2.41 bits per heavy atom. The van der Waals surface area contributed by atoms with Crippen molar-refractivity contribution in [2.75, 3.05) is 45.9 Å². The molecule has 1 unspecified atom stereocenters. The number of benzene rings is 3. The molecule has 58 heavy (non-hydrogen) atoms. The van der Waals surface area contributed by atoms with Gasteiger partial charge in [0.25, 0.3) is 5.91 Å². The molecule has 1 aliphatic carbocycles. The summed E-state index contributed by atoms with van der Waals surface area (Å²) in [6.07, 6.45) is 1.19. The summed E-state index contributed by atoms with van der Waals surface area (Å²) >= 11 is 5.82. The van der Waals surface area contributed by atoms with E-state index in [9.17, 15) is 32.3 Å². The Bertz CT molecular complexity index is 2100. The van der Waals surface area contributed by atoms with E-state index in [0.29, 0.717) is 55.3 Å². The van der Waals surface area contributed by atoms with E-state index in [4.69, 9.17) is 22.7 Å². The number of nitrogen functional groups attached to an aromatic ring is 1. The van der Waals surface area contributed by atoms with Gasteiger partial charge in [0.15, 0.2) is 5.11 Å². The molecule has 3 heterocycles. The largest absolute Gasteiger partial charge is 0.493 e. The van der Waals surface area contributed by atoms with E-state index in [0.717, 1.165) is 62.2 Å². The summed E-state index contributed by atoms with van der Waals surface area (Å²) in [5, 5.41) is 8.62. The fourth-order valence-electron chi connectivity index (χ4n) is 8.36. The number of thiocarbonyl (C=S) groups is 1. The first kappa shape index (κ1) is 41.0. The lowest BCUT2D eigenvalue weighted by Crippen LogP contribution is -2.55. The maximum Gasteiger partial charge on any atom is 0.418 e. The summed E-state index contributed by atoms with van der Waals surface area (Å²) in [5.74, 6) is 0.0608. The standard InChI is InChI=1S/C42H48F3N7O5S/c1-3-27-22-31(52-40(58)51(39(56)41(52)17-5-18-41)30-8-10-33(46)32(24-30)42(43,44)45)9-12-35(27)57-21-16-26-14-19-50(20-15-26)25(2)37(54)48-29-7-4-6-28(23-29)47-34-11-13-36(53)49-38(34)55/h4,6-10,12,22-26,34,47H,3,5,11,13-21,46H2,1-2H3,(H,48,54)(H,49,53,55)/t25-,34?/m0/s1. The van der Waals surface area contributed by atoms with Crippen LogP contribution in [0.1, 0.15) is 76.3 Å². The van der Waals surface area contributed by atoms with Crippen molar-refractivity contribution in [2.24, 2.45) is 5.92 Å². The van der Waals surface area contributed by atoms with E-state index < -0.39 is 29.0 Å². The number of ether oxygens (including phenoxy) is 1. The number of nitrogens with one attached hydrogen (secondary N) is 3. The van der Waals surface area contributed by atoms with Gasteiger partial charge in [-0.15, -0.1) is 0 Å². The molecule has 0 aromatic heterocycles. The molecular weight excluding hydrogens is 772 g/mol. The number of carbonyl (C=O) groups excluding carboxylic acids is 4. The Morgan fingerprint density at radius 1 is 1.02 bits per heavy atom. The number of rotatable bonds is 12. The monoisotopic (exact) mass is 819 g/mol. The smallest absolute Gasteiger partial charge is 0.418 e. The predicted octanol–water partition coefficient (Wildman–Crippen LogP) is 6.64. The number of likely N-dealkylation sites (tertiary alicyclic amines) is 1. The van der Waals surface area contributed by atoms with Gasteiger partial charge in [-0.05, 0) is 150 Å². The normalized spacial score (nSPS) is 20.5. The molecule has 1 spiro atoms. The number of nitrogens with zero attached hydrogens (tertiary/aromatic N) is 3. The van der Waals surface area contributed by atoms with Crippen molar-refractivity contribution in [2.45, 2.75) is 95.4 Å². The van der Waals surface area contributed by atoms with Crippen LogP contribution in [-0.2, 0) is 31.8 Å². The van der Waals surface area contributed by atoms with Crippen LogP contribution < -0.4 is 36.2 Å². The summed E-state index contributed by atoms with van der Waals surface area (Å²) in [5.41, 5.74) is 6.20. The molecule has 4 fully saturated rings. The Hall–Kier alpha value is -5.22. The number of alkyl halides is 3. The number of hydrogen-bond acceptors (Lipinski definition) is 9. The molecule has 16 heteroatoms. The van der Waals surface area contributed by atoms with E-state index >= 15 is 0 Å². The third kappa shape index (κ3) is 8.21. The van der Waals surface area contributed by atoms with Gasteiger partial charge in [-0.25, -0.2) is 0 Å². The zero-order chi connectivity index (χ0) is 41.4. The van der Waals surface area contributed by atoms with Crippen LogP contribution in [0.3, 0.4) is 0 Å². The van der Waals surface area contributed by atoms with Gasteiger partial charge in [-0.3, -0.25) is 34.3 Å². The van der Waals surface area contributed by atoms with Crippen LogP contribution in [0.25, 0.3) is 0 Å². The molecule has 2 atom stereocenters. The number of piperidine rings is 2. The zero-order valence-electron chi connectivity index (χ0n) is 32.5. The highest BCUT2D eigenvalue weighted by molar-refractivity contribution is 7.81. The number of anilines is 5. The first-order chi connectivity index (χ1) is 27.7. The highest BCUT2D eigenvalue weighted by atomic mass is 32.1. The van der Waals surface area contributed by atoms with Crippen molar-refractivity contribution in [1.29, 1.82) is 0 Å². The number of amides is 4. The average molecular weight is 820 g/mol. The van der Waals surface area contributed by atoms with Crippen LogP contribution >= 0.6 is 12.2 Å². The molecule has 4 amide bonds. The second-order valence-corrected chi connectivity index (χ2v) is 15.9. The fraction of sp³-hybridized carbons (Fsp3) is 0.452. The van der Waals surface area contributed by atoms with Gasteiger partial charge in [0, 0.05) is 29.2 Å². The molecule has 3 aliphatic heterocycles. The second kappa shape index (κ2) is 16.6. The molecule has 0 radical (unpaired) electrons. The first-order valence-corrected chi connectivity index (χ1v) is 20.3. The minimum absolute atomic E-state index is 0.0355. The molecule has 0 bridgehead atoms. The van der Waals surface area contributed by atoms with E-state index in [1.54, 1.807) is 23.1 Å². The molecule has 5 N–H and O–H groups in total. The number of halogens is 3. The lowest BCUT2D eigenvalue weighted by atomic mass is 9.75. The van der Waals surface area contributed by atoms with Gasteiger partial charge in [-0.1, -0.05) is 13.0 Å². The molecule has 7 rings (SSSR count). The SMILES string of the molecule is CCc1cc(N2C(=S)N(c3ccc(N)c(C(F)(F)F)c3)C(=O)C23CCC3)ccc1OCCC1CCN([C@@H](C)C(=O)Nc2cccc(NC3CCC(=O)NC3=O)c2)CC1. The molecule has 12 nitrogen and oxygen atoms in total. The minimum Gasteiger partial charge on any atom is -0.493 e. The van der Waals surface area contributed by atoms with Crippen LogP contribution in [0.5, 0.6) is 5.75 Å². The second-order valence-electron chi connectivity index (χ2n) is 15.6. The quantitative estimate of drug-likeness (QED) is 0.0891. The lowest BCUT2D eigenvalue weighted by Gasteiger charge is -2.43. The minimum atomic E-state index is -4.68. The topological polar surface area (TPSA) is 149 Å². The van der Waals surface area contributed by atoms with Gasteiger partial charge in [-0.2, -0.15) is 13.2 Å². The molecule has 4 aliphatic rings. The van der Waals surface area contributed by atoms with Crippen LogP contribution in [-0.4, -0.2) is 71.0 Å². The summed E-state index contributed by atoms with van der Waals surface area (Å²) in [6, 6.07) is 15.5. The molecule has 308 valence electrons. The van der Waals surface area contributed by atoms with Crippen LogP contribution in [0.15, 0.2) is 60.7 Å². The maximum absolute atomic E-state index is 13.9. The fourth-order valence-corrected chi connectivity index (χ4v) is 8.82. The Morgan fingerprint density at radius 2 is 1.74 bits per heavy atom. The molecule has 3 aromatic rings. The van der Waals surface area contributed by atoms with Crippen LogP contribution in [0.2, 0.25) is 0 Å². The lowest BCUT2D eigenvalue weighted by molar-refractivity contribution is -0.137. The van der Waals surface area contributed by atoms with E-state index in [1.165, 1.54) is 11.0 Å². The Labute approximate surface area is 340 Å². The van der Waals surface area contributed by atoms with Gasteiger partial charge in [0.05, 0.1) is 23.9 Å². The molecular formula is C42H48F3N7O5S. The third-order valence-corrected chi connectivity index (χ3v) is 12.3. The summed E-state index contributed by atoms with van der Waals surface area (Å²) in [7, 11) is 0. The number of nitrogens with two attached hydrogens (primary N) is 1. The predicted molar refractivity (Wildman–Crippen MR) is 220 cm³/mol. The summed E-state index contributed by atoms with van der Waals surface area (Å²) in [4.78, 5) is 56.0. The van der Waals surface area contributed by atoms with Gasteiger partial charge < -0.3 is 26.0 Å². The molecule has 3 aromatic carbocycles. The molecule has 3 saturated heterocycles. The summed E-state index contributed by atoms with van der Waals surface area (Å²) < 4.78 is 47.5. The van der Waals surface area contributed by atoms with Crippen molar-refractivity contribution < 1.29 is 37.1 Å². The van der Waals surface area contributed by atoms with E-state index in [-0.39, 0.29) is 46.9 Å². The van der Waals surface area contributed by atoms with Crippen molar-refractivity contribution in [3.05, 3.63) is 71.8 Å². The Kier molecular flexibility index (Phi) is 11.7. The zero-order valence-corrected chi connectivity index (χ0v) is 33.3. The highest BCUT2D eigenvalue weighted by Gasteiger charge is 2.59. The van der Waals surface area contributed by atoms with Crippen LogP contribution in [0, 0.1) is 5.92 Å². The maximum atomic E-state index is 13.9. The number of carbonyl (C=O) groups is 4. The van der Waals surface area contributed by atoms with E-state index in [2.05, 4.69) is 20.9 Å². The van der Waals surface area contributed by atoms with Crippen molar-refractivity contribution in [1.82, 2.24) is 10.2 Å². The van der Waals surface area contributed by atoms with Crippen molar-refractivity contribution in [3.8, 4) is 5.75 Å². The summed E-state index contributed by atoms with van der Waals surface area (Å²) in [6.45, 7) is 5.96. The highest BCUT2D eigenvalue weighted by Crippen LogP contribution is 2.49. The van der Waals surface area contributed by atoms with Crippen LogP contribution in [0.4, 0.5) is 41.6 Å². The number of hydrogen-bond donors (Lipinski definition) is 4.